The molecule has 4 heteroatoms. The van der Waals surface area contributed by atoms with E-state index in [1.165, 1.54) is 20.3 Å². The average molecular weight is 346 g/mol. The van der Waals surface area contributed by atoms with Crippen molar-refractivity contribution in [1.29, 1.82) is 0 Å². The monoisotopic (exact) mass is 346 g/mol. The van der Waals surface area contributed by atoms with E-state index in [4.69, 9.17) is 4.74 Å². The molecule has 4 nitrogen and oxygen atoms in total. The molecular formula is C22H18O4. The molecule has 130 valence electrons. The molecular weight excluding hydrogens is 328 g/mol. The molecule has 0 spiro atoms. The first kappa shape index (κ1) is 17.4. The molecule has 0 heterocycles. The van der Waals surface area contributed by atoms with Gasteiger partial charge in [-0.3, -0.25) is 0 Å². The largest absolute Gasteiger partial charge is 0.466 e. The van der Waals surface area contributed by atoms with Crippen molar-refractivity contribution < 1.29 is 19.1 Å². The van der Waals surface area contributed by atoms with Gasteiger partial charge in [-0.15, -0.1) is 0 Å². The lowest BCUT2D eigenvalue weighted by atomic mass is 9.94. The van der Waals surface area contributed by atoms with Crippen LogP contribution in [0.5, 0.6) is 0 Å². The summed E-state index contributed by atoms with van der Waals surface area (Å²) in [6, 6.07) is 19.2. The van der Waals surface area contributed by atoms with Gasteiger partial charge in [-0.05, 0) is 34.2 Å². The van der Waals surface area contributed by atoms with E-state index in [0.717, 1.165) is 27.5 Å². The van der Waals surface area contributed by atoms with E-state index in [1.807, 2.05) is 54.6 Å². The van der Waals surface area contributed by atoms with E-state index in [-0.39, 0.29) is 5.97 Å². The molecule has 3 aromatic rings. The molecule has 0 bridgehead atoms. The molecule has 0 aliphatic heterocycles. The van der Waals surface area contributed by atoms with Crippen molar-refractivity contribution in [3.63, 3.8) is 0 Å². The number of hydrogen-bond acceptors (Lipinski definition) is 4. The Morgan fingerprint density at radius 1 is 0.846 bits per heavy atom. The highest BCUT2D eigenvalue weighted by molar-refractivity contribution is 6.10. The van der Waals surface area contributed by atoms with Crippen LogP contribution in [-0.4, -0.2) is 26.2 Å². The second-order valence-corrected chi connectivity index (χ2v) is 5.68. The van der Waals surface area contributed by atoms with E-state index >= 15 is 0 Å². The summed E-state index contributed by atoms with van der Waals surface area (Å²) >= 11 is 0. The lowest BCUT2D eigenvalue weighted by molar-refractivity contribution is -0.134. The topological polar surface area (TPSA) is 52.6 Å². The standard InChI is InChI=1S/C22H18O4/c1-25-20(23)14-11-15-9-12-16(13-10-15)18-7-3-5-17-6-4-8-19(21(17)18)22(24)26-2/h3-14H,1-2H3/b14-11+. The van der Waals surface area contributed by atoms with Crippen LogP contribution in [0.4, 0.5) is 0 Å². The maximum atomic E-state index is 12.2. The fourth-order valence-corrected chi connectivity index (χ4v) is 2.87. The zero-order valence-corrected chi connectivity index (χ0v) is 14.6. The van der Waals surface area contributed by atoms with Gasteiger partial charge in [0.15, 0.2) is 0 Å². The number of carbonyl (C=O) groups excluding carboxylic acids is 2. The Morgan fingerprint density at radius 3 is 2.19 bits per heavy atom. The molecule has 0 amide bonds. The smallest absolute Gasteiger partial charge is 0.338 e. The van der Waals surface area contributed by atoms with Crippen LogP contribution in [-0.2, 0) is 14.3 Å². The average Bonchev–Trinajstić information content (AvgIpc) is 2.70. The highest BCUT2D eigenvalue weighted by Crippen LogP contribution is 2.32. The van der Waals surface area contributed by atoms with Crippen LogP contribution in [0.15, 0.2) is 66.7 Å². The number of fused-ring (bicyclic) bond motifs is 1. The molecule has 26 heavy (non-hydrogen) atoms. The van der Waals surface area contributed by atoms with Crippen molar-refractivity contribution in [3.05, 3.63) is 77.9 Å². The van der Waals surface area contributed by atoms with E-state index in [2.05, 4.69) is 4.74 Å². The molecule has 0 N–H and O–H groups in total. The van der Waals surface area contributed by atoms with Gasteiger partial charge in [0.1, 0.15) is 0 Å². The Morgan fingerprint density at radius 2 is 1.54 bits per heavy atom. The van der Waals surface area contributed by atoms with Gasteiger partial charge < -0.3 is 9.47 Å². The van der Waals surface area contributed by atoms with Gasteiger partial charge in [0.25, 0.3) is 0 Å². The van der Waals surface area contributed by atoms with Crippen LogP contribution >= 0.6 is 0 Å². The van der Waals surface area contributed by atoms with Gasteiger partial charge in [-0.1, -0.05) is 54.6 Å². The van der Waals surface area contributed by atoms with E-state index < -0.39 is 5.97 Å². The lowest BCUT2D eigenvalue weighted by Crippen LogP contribution is -2.02. The van der Waals surface area contributed by atoms with Gasteiger partial charge in [-0.2, -0.15) is 0 Å². The predicted molar refractivity (Wildman–Crippen MR) is 102 cm³/mol. The van der Waals surface area contributed by atoms with Crippen LogP contribution < -0.4 is 0 Å². The summed E-state index contributed by atoms with van der Waals surface area (Å²) in [6.45, 7) is 0. The first-order valence-electron chi connectivity index (χ1n) is 8.10. The molecule has 3 aromatic carbocycles. The first-order valence-corrected chi connectivity index (χ1v) is 8.10. The van der Waals surface area contributed by atoms with Gasteiger partial charge in [0, 0.05) is 11.5 Å². The number of ether oxygens (including phenoxy) is 2. The summed E-state index contributed by atoms with van der Waals surface area (Å²) in [5.41, 5.74) is 3.34. The minimum absolute atomic E-state index is 0.360. The maximum absolute atomic E-state index is 12.2. The van der Waals surface area contributed by atoms with Crippen LogP contribution in [0.3, 0.4) is 0 Å². The number of benzene rings is 3. The molecule has 0 atom stereocenters. The Labute approximate surface area is 151 Å². The van der Waals surface area contributed by atoms with Gasteiger partial charge in [0.2, 0.25) is 0 Å². The van der Waals surface area contributed by atoms with Gasteiger partial charge in [-0.25, -0.2) is 9.59 Å². The zero-order valence-electron chi connectivity index (χ0n) is 14.6. The molecule has 0 radical (unpaired) electrons. The molecule has 0 fully saturated rings. The fraction of sp³-hybridized carbons (Fsp3) is 0.0909. The maximum Gasteiger partial charge on any atom is 0.338 e. The molecule has 0 aliphatic rings. The summed E-state index contributed by atoms with van der Waals surface area (Å²) < 4.78 is 9.52. The van der Waals surface area contributed by atoms with Crippen molar-refractivity contribution in [3.8, 4) is 11.1 Å². The highest BCUT2D eigenvalue weighted by atomic mass is 16.5. The molecule has 0 aliphatic carbocycles. The second kappa shape index (κ2) is 7.66. The lowest BCUT2D eigenvalue weighted by Gasteiger charge is -2.11. The van der Waals surface area contributed by atoms with E-state index in [9.17, 15) is 9.59 Å². The van der Waals surface area contributed by atoms with Crippen LogP contribution in [0.2, 0.25) is 0 Å². The predicted octanol–water partition coefficient (Wildman–Crippen LogP) is 4.48. The number of rotatable bonds is 4. The third kappa shape index (κ3) is 3.49. The first-order chi connectivity index (χ1) is 12.6. The molecule has 0 aromatic heterocycles. The minimum Gasteiger partial charge on any atom is -0.466 e. The van der Waals surface area contributed by atoms with Crippen LogP contribution in [0.25, 0.3) is 28.0 Å². The minimum atomic E-state index is -0.397. The number of hydrogen-bond donors (Lipinski definition) is 0. The summed E-state index contributed by atoms with van der Waals surface area (Å²) in [4.78, 5) is 23.4. The summed E-state index contributed by atoms with van der Waals surface area (Å²) in [5.74, 6) is -0.758. The SMILES string of the molecule is COC(=O)/C=C/c1ccc(-c2cccc3cccc(C(=O)OC)c23)cc1. The highest BCUT2D eigenvalue weighted by Gasteiger charge is 2.14. The van der Waals surface area contributed by atoms with Crippen molar-refractivity contribution in [1.82, 2.24) is 0 Å². The fourth-order valence-electron chi connectivity index (χ4n) is 2.87. The number of esters is 2. The Balaban J connectivity index is 2.07. The number of carbonyl (C=O) groups is 2. The molecule has 3 rings (SSSR count). The Kier molecular flexibility index (Phi) is 5.13. The third-order valence-electron chi connectivity index (χ3n) is 4.14. The molecule has 0 saturated heterocycles. The quantitative estimate of drug-likeness (QED) is 0.516. The van der Waals surface area contributed by atoms with E-state index in [1.54, 1.807) is 12.1 Å². The zero-order chi connectivity index (χ0) is 18.5. The Hall–Kier alpha value is -3.40. The second-order valence-electron chi connectivity index (χ2n) is 5.68. The van der Waals surface area contributed by atoms with Crippen molar-refractivity contribution in [2.24, 2.45) is 0 Å². The van der Waals surface area contributed by atoms with Crippen molar-refractivity contribution >= 4 is 28.8 Å². The van der Waals surface area contributed by atoms with Crippen molar-refractivity contribution in [2.75, 3.05) is 14.2 Å². The van der Waals surface area contributed by atoms with Crippen LogP contribution in [0, 0.1) is 0 Å². The summed E-state index contributed by atoms with van der Waals surface area (Å²) in [6.07, 6.45) is 3.07. The molecule has 0 unspecified atom stereocenters. The van der Waals surface area contributed by atoms with Crippen LogP contribution in [0.1, 0.15) is 15.9 Å². The van der Waals surface area contributed by atoms with Gasteiger partial charge >= 0.3 is 11.9 Å². The van der Waals surface area contributed by atoms with E-state index in [0.29, 0.717) is 5.56 Å². The Bertz CT molecular complexity index is 979. The normalized spacial score (nSPS) is 10.8. The number of methoxy groups -OCH3 is 2. The summed E-state index contributed by atoms with van der Waals surface area (Å²) in [7, 11) is 2.72. The summed E-state index contributed by atoms with van der Waals surface area (Å²) in [5, 5.41) is 1.83. The molecule has 0 saturated carbocycles. The van der Waals surface area contributed by atoms with Gasteiger partial charge in [0.05, 0.1) is 19.8 Å². The van der Waals surface area contributed by atoms with Crippen molar-refractivity contribution in [2.45, 2.75) is 0 Å². The third-order valence-corrected chi connectivity index (χ3v) is 4.14.